The van der Waals surface area contributed by atoms with Crippen LogP contribution in [0, 0.1) is 5.92 Å². The van der Waals surface area contributed by atoms with Crippen molar-refractivity contribution in [2.24, 2.45) is 5.92 Å². The Kier molecular flexibility index (Phi) is 3.44. The molecule has 18 heavy (non-hydrogen) atoms. The van der Waals surface area contributed by atoms with Crippen LogP contribution in [-0.2, 0) is 4.74 Å². The summed E-state index contributed by atoms with van der Waals surface area (Å²) in [7, 11) is 0. The van der Waals surface area contributed by atoms with E-state index in [1.54, 1.807) is 0 Å². The van der Waals surface area contributed by atoms with E-state index in [0.29, 0.717) is 12.0 Å². The van der Waals surface area contributed by atoms with E-state index in [9.17, 15) is 5.11 Å². The lowest BCUT2D eigenvalue weighted by Crippen LogP contribution is -2.07. The van der Waals surface area contributed by atoms with Crippen molar-refractivity contribution in [2.75, 3.05) is 6.61 Å². The van der Waals surface area contributed by atoms with E-state index in [0.717, 1.165) is 49.7 Å². The molecule has 0 radical (unpaired) electrons. The van der Waals surface area contributed by atoms with Crippen LogP contribution in [0.15, 0.2) is 16.5 Å². The minimum atomic E-state index is -0.475. The van der Waals surface area contributed by atoms with Crippen molar-refractivity contribution in [3.63, 3.8) is 0 Å². The number of rotatable bonds is 5. The smallest absolute Gasteiger partial charge is 0.132 e. The normalized spacial score (nSPS) is 32.7. The molecule has 1 aromatic heterocycles. The molecular weight excluding hydrogens is 228 g/mol. The Labute approximate surface area is 108 Å². The second-order valence-electron chi connectivity index (χ2n) is 5.79. The fourth-order valence-corrected chi connectivity index (χ4v) is 2.82. The van der Waals surface area contributed by atoms with Crippen molar-refractivity contribution in [3.05, 3.63) is 23.7 Å². The van der Waals surface area contributed by atoms with Crippen LogP contribution in [0.5, 0.6) is 0 Å². The molecule has 1 N–H and O–H groups in total. The quantitative estimate of drug-likeness (QED) is 0.871. The summed E-state index contributed by atoms with van der Waals surface area (Å²) in [6, 6.07) is 3.96. The lowest BCUT2D eigenvalue weighted by molar-refractivity contribution is 0.0745. The standard InChI is InChI=1S/C15H22O3/c1-10-9-12(10)14-6-7-15(18-14)13(16)5-4-11-3-2-8-17-11/h6-7,10-13,16H,2-5,8-9H2,1H3. The van der Waals surface area contributed by atoms with E-state index >= 15 is 0 Å². The molecule has 100 valence electrons. The first kappa shape index (κ1) is 12.2. The van der Waals surface area contributed by atoms with Gasteiger partial charge in [-0.3, -0.25) is 0 Å². The minimum absolute atomic E-state index is 0.345. The van der Waals surface area contributed by atoms with E-state index in [-0.39, 0.29) is 0 Å². The highest BCUT2D eigenvalue weighted by Crippen LogP contribution is 2.47. The zero-order valence-electron chi connectivity index (χ0n) is 11.0. The largest absolute Gasteiger partial charge is 0.463 e. The molecule has 0 bridgehead atoms. The molecule has 4 atom stereocenters. The Morgan fingerprint density at radius 1 is 1.44 bits per heavy atom. The van der Waals surface area contributed by atoms with Crippen LogP contribution in [0.25, 0.3) is 0 Å². The van der Waals surface area contributed by atoms with Gasteiger partial charge >= 0.3 is 0 Å². The minimum Gasteiger partial charge on any atom is -0.463 e. The third-order valence-corrected chi connectivity index (χ3v) is 4.24. The van der Waals surface area contributed by atoms with Crippen LogP contribution in [0.4, 0.5) is 0 Å². The summed E-state index contributed by atoms with van der Waals surface area (Å²) in [6.45, 7) is 3.12. The van der Waals surface area contributed by atoms with Gasteiger partial charge in [0.15, 0.2) is 0 Å². The summed E-state index contributed by atoms with van der Waals surface area (Å²) < 4.78 is 11.3. The predicted molar refractivity (Wildman–Crippen MR) is 68.4 cm³/mol. The van der Waals surface area contributed by atoms with Gasteiger partial charge in [-0.05, 0) is 50.2 Å². The first-order valence-electron chi connectivity index (χ1n) is 7.13. The van der Waals surface area contributed by atoms with Crippen molar-refractivity contribution >= 4 is 0 Å². The lowest BCUT2D eigenvalue weighted by atomic mass is 10.1. The molecule has 2 fully saturated rings. The summed E-state index contributed by atoms with van der Waals surface area (Å²) in [5.74, 6) is 3.10. The Morgan fingerprint density at radius 3 is 2.94 bits per heavy atom. The predicted octanol–water partition coefficient (Wildman–Crippen LogP) is 3.40. The van der Waals surface area contributed by atoms with Crippen molar-refractivity contribution in [2.45, 2.75) is 57.2 Å². The van der Waals surface area contributed by atoms with E-state index in [2.05, 4.69) is 6.92 Å². The SMILES string of the molecule is CC1CC1c1ccc(C(O)CCC2CCCO2)o1. The summed E-state index contributed by atoms with van der Waals surface area (Å²) in [4.78, 5) is 0. The van der Waals surface area contributed by atoms with Crippen LogP contribution in [-0.4, -0.2) is 17.8 Å². The lowest BCUT2D eigenvalue weighted by Gasteiger charge is -2.12. The molecule has 3 heteroatoms. The van der Waals surface area contributed by atoms with Gasteiger partial charge in [0, 0.05) is 12.5 Å². The maximum Gasteiger partial charge on any atom is 0.132 e. The number of hydrogen-bond acceptors (Lipinski definition) is 3. The van der Waals surface area contributed by atoms with Gasteiger partial charge in [0.1, 0.15) is 17.6 Å². The van der Waals surface area contributed by atoms with Crippen molar-refractivity contribution in [3.8, 4) is 0 Å². The highest BCUT2D eigenvalue weighted by atomic mass is 16.5. The zero-order chi connectivity index (χ0) is 12.5. The molecule has 0 spiro atoms. The average molecular weight is 250 g/mol. The van der Waals surface area contributed by atoms with Gasteiger partial charge in [0.25, 0.3) is 0 Å². The molecule has 1 saturated carbocycles. The molecule has 2 aliphatic rings. The van der Waals surface area contributed by atoms with Gasteiger partial charge < -0.3 is 14.3 Å². The fraction of sp³-hybridized carbons (Fsp3) is 0.733. The Morgan fingerprint density at radius 2 is 2.28 bits per heavy atom. The zero-order valence-corrected chi connectivity index (χ0v) is 11.0. The average Bonchev–Trinajstić information content (AvgIpc) is 2.87. The second kappa shape index (κ2) is 5.06. The molecular formula is C15H22O3. The Hall–Kier alpha value is -0.800. The van der Waals surface area contributed by atoms with Gasteiger partial charge in [-0.2, -0.15) is 0 Å². The first-order valence-corrected chi connectivity index (χ1v) is 7.13. The molecule has 0 aromatic carbocycles. The monoisotopic (exact) mass is 250 g/mol. The molecule has 1 aliphatic heterocycles. The van der Waals surface area contributed by atoms with Gasteiger partial charge in [-0.1, -0.05) is 6.92 Å². The van der Waals surface area contributed by atoms with E-state index in [1.807, 2.05) is 12.1 Å². The number of aliphatic hydroxyl groups excluding tert-OH is 1. The fourth-order valence-electron chi connectivity index (χ4n) is 2.82. The number of furan rings is 1. The van der Waals surface area contributed by atoms with Crippen molar-refractivity contribution in [1.82, 2.24) is 0 Å². The summed E-state index contributed by atoms with van der Waals surface area (Å²) in [5, 5.41) is 10.1. The molecule has 3 nitrogen and oxygen atoms in total. The van der Waals surface area contributed by atoms with E-state index < -0.39 is 6.10 Å². The summed E-state index contributed by atoms with van der Waals surface area (Å²) in [5.41, 5.74) is 0. The van der Waals surface area contributed by atoms with Gasteiger partial charge in [0.2, 0.25) is 0 Å². The molecule has 1 aliphatic carbocycles. The number of ether oxygens (including phenoxy) is 1. The Bertz CT molecular complexity index is 392. The third-order valence-electron chi connectivity index (χ3n) is 4.24. The van der Waals surface area contributed by atoms with Crippen molar-refractivity contribution in [1.29, 1.82) is 0 Å². The number of hydrogen-bond donors (Lipinski definition) is 1. The molecule has 0 amide bonds. The summed E-state index contributed by atoms with van der Waals surface area (Å²) in [6.07, 6.45) is 5.05. The third kappa shape index (κ3) is 2.62. The van der Waals surface area contributed by atoms with Gasteiger partial charge in [-0.25, -0.2) is 0 Å². The maximum atomic E-state index is 10.1. The van der Waals surface area contributed by atoms with E-state index in [4.69, 9.17) is 9.15 Å². The Balaban J connectivity index is 1.51. The molecule has 4 unspecified atom stereocenters. The topological polar surface area (TPSA) is 42.6 Å². The van der Waals surface area contributed by atoms with Crippen LogP contribution in [0.3, 0.4) is 0 Å². The van der Waals surface area contributed by atoms with Crippen LogP contribution in [0.2, 0.25) is 0 Å². The van der Waals surface area contributed by atoms with E-state index in [1.165, 1.54) is 6.42 Å². The van der Waals surface area contributed by atoms with Crippen LogP contribution >= 0.6 is 0 Å². The molecule has 1 saturated heterocycles. The van der Waals surface area contributed by atoms with Crippen LogP contribution < -0.4 is 0 Å². The highest BCUT2D eigenvalue weighted by Gasteiger charge is 2.36. The highest BCUT2D eigenvalue weighted by molar-refractivity contribution is 5.18. The number of aliphatic hydroxyl groups is 1. The maximum absolute atomic E-state index is 10.1. The van der Waals surface area contributed by atoms with Gasteiger partial charge in [0.05, 0.1) is 6.10 Å². The molecule has 3 rings (SSSR count). The molecule has 1 aromatic rings. The summed E-state index contributed by atoms with van der Waals surface area (Å²) >= 11 is 0. The van der Waals surface area contributed by atoms with Gasteiger partial charge in [-0.15, -0.1) is 0 Å². The second-order valence-corrected chi connectivity index (χ2v) is 5.79. The van der Waals surface area contributed by atoms with Crippen molar-refractivity contribution < 1.29 is 14.3 Å². The first-order chi connectivity index (χ1) is 8.74. The van der Waals surface area contributed by atoms with Crippen LogP contribution in [0.1, 0.15) is 62.6 Å². The molecule has 2 heterocycles.